The monoisotopic (exact) mass is 426 g/mol. The van der Waals surface area contributed by atoms with Gasteiger partial charge in [0.2, 0.25) is 0 Å². The number of ether oxygens (including phenoxy) is 1. The molecule has 1 spiro atoms. The summed E-state index contributed by atoms with van der Waals surface area (Å²) in [5.41, 5.74) is 0.658. The van der Waals surface area contributed by atoms with Crippen molar-refractivity contribution in [1.82, 2.24) is 10.2 Å². The van der Waals surface area contributed by atoms with Crippen molar-refractivity contribution in [2.75, 3.05) is 6.54 Å². The van der Waals surface area contributed by atoms with Crippen LogP contribution < -0.4 is 15.7 Å². The quantitative estimate of drug-likeness (QED) is 0.341. The van der Waals surface area contributed by atoms with Gasteiger partial charge in [0.25, 0.3) is 5.91 Å². The maximum atomic E-state index is 12.8. The second-order valence-corrected chi connectivity index (χ2v) is 8.31. The average molecular weight is 426 g/mol. The molecule has 1 saturated carbocycles. The summed E-state index contributed by atoms with van der Waals surface area (Å²) in [5, 5.41) is 3.62. The van der Waals surface area contributed by atoms with Gasteiger partial charge in [0.1, 0.15) is 16.9 Å². The van der Waals surface area contributed by atoms with E-state index in [9.17, 15) is 19.2 Å². The summed E-state index contributed by atoms with van der Waals surface area (Å²) >= 11 is 0. The largest absolute Gasteiger partial charge is 0.426 e. The summed E-state index contributed by atoms with van der Waals surface area (Å²) in [6, 6.07) is 4.37. The van der Waals surface area contributed by atoms with Crippen LogP contribution in [0.5, 0.6) is 5.75 Å². The van der Waals surface area contributed by atoms with Gasteiger partial charge in [-0.25, -0.2) is 9.59 Å². The molecule has 1 aromatic carbocycles. The first-order valence-corrected chi connectivity index (χ1v) is 10.7. The van der Waals surface area contributed by atoms with E-state index in [4.69, 9.17) is 9.15 Å². The molecule has 3 amide bonds. The van der Waals surface area contributed by atoms with Crippen LogP contribution in [0.1, 0.15) is 56.6 Å². The molecule has 164 valence electrons. The lowest BCUT2D eigenvalue weighted by Crippen LogP contribution is -2.48. The van der Waals surface area contributed by atoms with Crippen LogP contribution in [0.15, 0.2) is 27.4 Å². The highest BCUT2D eigenvalue weighted by molar-refractivity contribution is 6.07. The molecule has 0 bridgehead atoms. The molecule has 2 aliphatic rings. The third kappa shape index (κ3) is 3.94. The van der Waals surface area contributed by atoms with Crippen molar-refractivity contribution in [3.63, 3.8) is 0 Å². The number of carbonyl (C=O) groups excluding carboxylic acids is 3. The molecule has 1 aromatic heterocycles. The standard InChI is InChI=1S/C23H26N2O6/c1-3-15-12-16-14(2)11-20(27)31-18(16)13-17(15)30-19(26)7-10-25-21(28)23(24-22(25)29)8-5-4-6-9-23/h11-13H,3-10H2,1-2H3,(H,24,29). The van der Waals surface area contributed by atoms with Gasteiger partial charge in [0, 0.05) is 24.1 Å². The Morgan fingerprint density at radius 2 is 1.90 bits per heavy atom. The van der Waals surface area contributed by atoms with Crippen LogP contribution in [0.25, 0.3) is 11.0 Å². The lowest BCUT2D eigenvalue weighted by Gasteiger charge is -2.30. The van der Waals surface area contributed by atoms with Crippen molar-refractivity contribution in [2.45, 2.75) is 64.3 Å². The van der Waals surface area contributed by atoms with Gasteiger partial charge < -0.3 is 14.5 Å². The number of nitrogens with zero attached hydrogens (tertiary/aromatic N) is 1. The number of rotatable bonds is 5. The van der Waals surface area contributed by atoms with E-state index in [0.29, 0.717) is 30.6 Å². The zero-order chi connectivity index (χ0) is 22.2. The van der Waals surface area contributed by atoms with Gasteiger partial charge in [0.05, 0.1) is 6.42 Å². The smallest absolute Gasteiger partial charge is 0.336 e. The van der Waals surface area contributed by atoms with E-state index < -0.39 is 23.2 Å². The zero-order valence-electron chi connectivity index (χ0n) is 17.8. The number of fused-ring (bicyclic) bond motifs is 1. The Labute approximate surface area is 179 Å². The van der Waals surface area contributed by atoms with Gasteiger partial charge in [-0.05, 0) is 43.4 Å². The van der Waals surface area contributed by atoms with E-state index in [1.807, 2.05) is 19.9 Å². The summed E-state index contributed by atoms with van der Waals surface area (Å²) in [6.07, 6.45) is 4.64. The van der Waals surface area contributed by atoms with Crippen molar-refractivity contribution >= 4 is 28.9 Å². The third-order valence-corrected chi connectivity index (χ3v) is 6.23. The lowest BCUT2D eigenvalue weighted by atomic mass is 9.82. The van der Waals surface area contributed by atoms with Gasteiger partial charge in [-0.3, -0.25) is 14.5 Å². The summed E-state index contributed by atoms with van der Waals surface area (Å²) in [7, 11) is 0. The molecule has 2 fully saturated rings. The minimum absolute atomic E-state index is 0.0333. The number of carbonyl (C=O) groups is 3. The second-order valence-electron chi connectivity index (χ2n) is 8.31. The predicted molar refractivity (Wildman–Crippen MR) is 113 cm³/mol. The molecule has 31 heavy (non-hydrogen) atoms. The molecule has 4 rings (SSSR count). The number of benzene rings is 1. The van der Waals surface area contributed by atoms with Crippen molar-refractivity contribution in [2.24, 2.45) is 0 Å². The van der Waals surface area contributed by atoms with E-state index in [1.54, 1.807) is 6.07 Å². The molecule has 2 aromatic rings. The van der Waals surface area contributed by atoms with Crippen molar-refractivity contribution in [3.05, 3.63) is 39.7 Å². The Morgan fingerprint density at radius 3 is 2.61 bits per heavy atom. The highest BCUT2D eigenvalue weighted by Crippen LogP contribution is 2.34. The van der Waals surface area contributed by atoms with Gasteiger partial charge in [-0.15, -0.1) is 0 Å². The molecule has 8 nitrogen and oxygen atoms in total. The molecule has 1 aliphatic carbocycles. The molecular weight excluding hydrogens is 400 g/mol. The first-order chi connectivity index (χ1) is 14.8. The molecule has 1 aliphatic heterocycles. The lowest BCUT2D eigenvalue weighted by molar-refractivity contribution is -0.136. The first kappa shape index (κ1) is 21.1. The van der Waals surface area contributed by atoms with E-state index in [0.717, 1.165) is 40.7 Å². The Hall–Kier alpha value is -3.16. The number of hydrogen-bond donors (Lipinski definition) is 1. The molecule has 1 saturated heterocycles. The van der Waals surface area contributed by atoms with Crippen LogP contribution >= 0.6 is 0 Å². The predicted octanol–water partition coefficient (Wildman–Crippen LogP) is 3.21. The Bertz CT molecular complexity index is 1110. The zero-order valence-corrected chi connectivity index (χ0v) is 17.8. The molecule has 8 heteroatoms. The molecule has 1 N–H and O–H groups in total. The van der Waals surface area contributed by atoms with Gasteiger partial charge in [-0.1, -0.05) is 26.2 Å². The van der Waals surface area contributed by atoms with Gasteiger partial charge in [0.15, 0.2) is 0 Å². The number of nitrogens with one attached hydrogen (secondary N) is 1. The Morgan fingerprint density at radius 1 is 1.16 bits per heavy atom. The van der Waals surface area contributed by atoms with Crippen LogP contribution in [-0.4, -0.2) is 34.9 Å². The number of aryl methyl sites for hydroxylation is 2. The fraction of sp³-hybridized carbons (Fsp3) is 0.478. The number of urea groups is 1. The Kier molecular flexibility index (Phi) is 5.56. The molecule has 0 unspecified atom stereocenters. The first-order valence-electron chi connectivity index (χ1n) is 10.7. The van der Waals surface area contributed by atoms with E-state index in [-0.39, 0.29) is 18.9 Å². The Balaban J connectivity index is 1.46. The van der Waals surface area contributed by atoms with Crippen molar-refractivity contribution in [1.29, 1.82) is 0 Å². The van der Waals surface area contributed by atoms with E-state index in [1.165, 1.54) is 6.07 Å². The highest BCUT2D eigenvalue weighted by Gasteiger charge is 2.51. The maximum Gasteiger partial charge on any atom is 0.336 e. The van der Waals surface area contributed by atoms with Crippen LogP contribution in [-0.2, 0) is 16.0 Å². The SMILES string of the molecule is CCc1cc2c(C)cc(=O)oc2cc1OC(=O)CCN1C(=O)NC2(CCCCC2)C1=O. The van der Waals surface area contributed by atoms with Crippen LogP contribution in [0.3, 0.4) is 0 Å². The summed E-state index contributed by atoms with van der Waals surface area (Å²) in [5.74, 6) is -0.494. The maximum absolute atomic E-state index is 12.8. The van der Waals surface area contributed by atoms with Gasteiger partial charge in [-0.2, -0.15) is 0 Å². The molecule has 0 atom stereocenters. The fourth-order valence-electron chi connectivity index (χ4n) is 4.51. The number of esters is 1. The second kappa shape index (κ2) is 8.17. The fourth-order valence-corrected chi connectivity index (χ4v) is 4.51. The number of imide groups is 1. The normalized spacial score (nSPS) is 17.9. The minimum Gasteiger partial charge on any atom is -0.426 e. The van der Waals surface area contributed by atoms with Crippen LogP contribution in [0.4, 0.5) is 4.79 Å². The van der Waals surface area contributed by atoms with E-state index in [2.05, 4.69) is 5.32 Å². The van der Waals surface area contributed by atoms with E-state index >= 15 is 0 Å². The average Bonchev–Trinajstić information content (AvgIpc) is 2.95. The molecule has 2 heterocycles. The highest BCUT2D eigenvalue weighted by atomic mass is 16.5. The summed E-state index contributed by atoms with van der Waals surface area (Å²) in [6.45, 7) is 3.72. The third-order valence-electron chi connectivity index (χ3n) is 6.23. The summed E-state index contributed by atoms with van der Waals surface area (Å²) < 4.78 is 10.8. The van der Waals surface area contributed by atoms with Gasteiger partial charge >= 0.3 is 17.6 Å². The summed E-state index contributed by atoms with van der Waals surface area (Å²) in [4.78, 5) is 50.5. The van der Waals surface area contributed by atoms with Crippen LogP contribution in [0, 0.1) is 6.92 Å². The topological polar surface area (TPSA) is 106 Å². The van der Waals surface area contributed by atoms with Crippen LogP contribution in [0.2, 0.25) is 0 Å². The van der Waals surface area contributed by atoms with Crippen molar-refractivity contribution in [3.8, 4) is 5.75 Å². The molecular formula is C23H26N2O6. The molecule has 0 radical (unpaired) electrons. The number of amides is 3. The minimum atomic E-state index is -0.803. The number of hydrogen-bond acceptors (Lipinski definition) is 6. The van der Waals surface area contributed by atoms with Crippen molar-refractivity contribution < 1.29 is 23.5 Å².